The Morgan fingerprint density at radius 2 is 2.00 bits per heavy atom. The highest BCUT2D eigenvalue weighted by Crippen LogP contribution is 2.39. The monoisotopic (exact) mass is 536 g/mol. The first-order valence-electron chi connectivity index (χ1n) is 12.9. The number of aromatic nitrogens is 1. The molecule has 1 aromatic heterocycles. The molecule has 4 atom stereocenters. The van der Waals surface area contributed by atoms with Crippen LogP contribution in [0.15, 0.2) is 17.6 Å². The number of hydrogen-bond donors (Lipinski definition) is 3. The van der Waals surface area contributed by atoms with Crippen molar-refractivity contribution in [2.75, 3.05) is 69.7 Å². The van der Waals surface area contributed by atoms with Gasteiger partial charge in [0.05, 0.1) is 42.9 Å². The molecule has 0 bridgehead atoms. The van der Waals surface area contributed by atoms with E-state index in [4.69, 9.17) is 10.5 Å². The Morgan fingerprint density at radius 1 is 1.29 bits per heavy atom. The fraction of sp³-hybridized carbons (Fsp3) is 0.708. The highest BCUT2D eigenvalue weighted by Gasteiger charge is 2.51. The lowest BCUT2D eigenvalue weighted by Gasteiger charge is -2.55. The maximum Gasteiger partial charge on any atom is 0.234 e. The van der Waals surface area contributed by atoms with Crippen LogP contribution < -0.4 is 21.3 Å². The number of nitroso groups, excluding NO2 is 1. The zero-order chi connectivity index (χ0) is 27.0. The van der Waals surface area contributed by atoms with E-state index < -0.39 is 36.1 Å². The van der Waals surface area contributed by atoms with E-state index in [0.29, 0.717) is 39.1 Å². The quantitative estimate of drug-likeness (QED) is 0.413. The van der Waals surface area contributed by atoms with Crippen LogP contribution in [0.25, 0.3) is 0 Å². The molecule has 0 aliphatic carbocycles. The Labute approximate surface area is 219 Å². The van der Waals surface area contributed by atoms with E-state index in [1.807, 2.05) is 4.90 Å². The van der Waals surface area contributed by atoms with Gasteiger partial charge in [0.15, 0.2) is 12.0 Å². The Kier molecular flexibility index (Phi) is 7.58. The molecule has 12 nitrogen and oxygen atoms in total. The summed E-state index contributed by atoms with van der Waals surface area (Å²) in [6.45, 7) is 3.79. The SMILES string of the molecule is CN1CC(F)CNC1C(C(=O)Nc1cncc(F)c1N1CCC(C(=O)N2CC3(COC3)C2)CC1)C(N)N=O. The van der Waals surface area contributed by atoms with E-state index in [2.05, 4.69) is 20.8 Å². The zero-order valence-corrected chi connectivity index (χ0v) is 21.3. The summed E-state index contributed by atoms with van der Waals surface area (Å²) in [6, 6.07) is 0. The Balaban J connectivity index is 1.26. The van der Waals surface area contributed by atoms with Crippen LogP contribution in [0.2, 0.25) is 0 Å². The number of nitrogens with two attached hydrogens (primary N) is 1. The number of ether oxygens (including phenoxy) is 1. The van der Waals surface area contributed by atoms with Gasteiger partial charge in [-0.3, -0.25) is 24.8 Å². The molecule has 1 aromatic rings. The van der Waals surface area contributed by atoms with Crippen molar-refractivity contribution in [2.45, 2.75) is 31.3 Å². The summed E-state index contributed by atoms with van der Waals surface area (Å²) in [5.41, 5.74) is 6.32. The molecule has 0 aromatic carbocycles. The summed E-state index contributed by atoms with van der Waals surface area (Å²) in [5, 5.41) is 8.42. The summed E-state index contributed by atoms with van der Waals surface area (Å²) in [5.74, 6) is -2.45. The molecule has 4 aliphatic rings. The lowest BCUT2D eigenvalue weighted by molar-refractivity contribution is -0.197. The number of hydrogen-bond acceptors (Lipinski definition) is 10. The number of amides is 2. The van der Waals surface area contributed by atoms with Gasteiger partial charge in [0.2, 0.25) is 11.8 Å². The number of piperidine rings is 1. The van der Waals surface area contributed by atoms with Gasteiger partial charge < -0.3 is 25.6 Å². The highest BCUT2D eigenvalue weighted by molar-refractivity contribution is 5.96. The van der Waals surface area contributed by atoms with E-state index in [-0.39, 0.29) is 41.7 Å². The Morgan fingerprint density at radius 3 is 2.61 bits per heavy atom. The number of likely N-dealkylation sites (tertiary alicyclic amines) is 1. The molecule has 38 heavy (non-hydrogen) atoms. The van der Waals surface area contributed by atoms with Gasteiger partial charge >= 0.3 is 0 Å². The van der Waals surface area contributed by atoms with Crippen LogP contribution >= 0.6 is 0 Å². The number of carbonyl (C=O) groups excluding carboxylic acids is 2. The van der Waals surface area contributed by atoms with Gasteiger partial charge in [-0.05, 0) is 19.9 Å². The highest BCUT2D eigenvalue weighted by atomic mass is 19.1. The summed E-state index contributed by atoms with van der Waals surface area (Å²) in [4.78, 5) is 46.7. The fourth-order valence-electron chi connectivity index (χ4n) is 6.00. The van der Waals surface area contributed by atoms with E-state index in [1.165, 1.54) is 6.20 Å². The topological polar surface area (TPSA) is 145 Å². The number of pyridine rings is 1. The lowest BCUT2D eigenvalue weighted by Crippen LogP contribution is -2.68. The summed E-state index contributed by atoms with van der Waals surface area (Å²) >= 11 is 0. The Hall–Kier alpha value is -2.81. The number of nitrogens with zero attached hydrogens (tertiary/aromatic N) is 5. The Bertz CT molecular complexity index is 1060. The lowest BCUT2D eigenvalue weighted by atomic mass is 9.77. The fourth-order valence-corrected chi connectivity index (χ4v) is 6.00. The second kappa shape index (κ2) is 10.8. The van der Waals surface area contributed by atoms with Gasteiger partial charge in [0, 0.05) is 45.2 Å². The molecule has 208 valence electrons. The molecule has 4 unspecified atom stereocenters. The van der Waals surface area contributed by atoms with Crippen LogP contribution in [0, 0.1) is 28.0 Å². The van der Waals surface area contributed by atoms with Crippen molar-refractivity contribution >= 4 is 23.2 Å². The van der Waals surface area contributed by atoms with Crippen molar-refractivity contribution in [3.63, 3.8) is 0 Å². The summed E-state index contributed by atoms with van der Waals surface area (Å²) in [6.07, 6.45) is 0.217. The average molecular weight is 537 g/mol. The smallest absolute Gasteiger partial charge is 0.234 e. The first-order valence-corrected chi connectivity index (χ1v) is 12.9. The average Bonchev–Trinajstić information content (AvgIpc) is 2.84. The van der Waals surface area contributed by atoms with Crippen molar-refractivity contribution in [2.24, 2.45) is 28.2 Å². The molecule has 14 heteroatoms. The number of rotatable bonds is 7. The van der Waals surface area contributed by atoms with Gasteiger partial charge in [0.25, 0.3) is 0 Å². The second-order valence-electron chi connectivity index (χ2n) is 11.0. The van der Waals surface area contributed by atoms with E-state index >= 15 is 4.39 Å². The minimum Gasteiger partial charge on any atom is -0.380 e. The number of alkyl halides is 1. The third kappa shape index (κ3) is 5.09. The molecular formula is C24H34F2N8O4. The third-order valence-electron chi connectivity index (χ3n) is 8.11. The van der Waals surface area contributed by atoms with Gasteiger partial charge in [-0.25, -0.2) is 8.78 Å². The zero-order valence-electron chi connectivity index (χ0n) is 21.3. The maximum atomic E-state index is 15.1. The molecule has 2 amide bonds. The van der Waals surface area contributed by atoms with E-state index in [0.717, 1.165) is 19.3 Å². The van der Waals surface area contributed by atoms with Crippen LogP contribution in [-0.4, -0.2) is 105 Å². The van der Waals surface area contributed by atoms with Gasteiger partial charge in [-0.1, -0.05) is 5.18 Å². The number of nitrogens with one attached hydrogen (secondary N) is 2. The van der Waals surface area contributed by atoms with Crippen molar-refractivity contribution < 1.29 is 23.1 Å². The molecule has 4 aliphatic heterocycles. The molecule has 4 saturated heterocycles. The molecule has 4 fully saturated rings. The second-order valence-corrected chi connectivity index (χ2v) is 11.0. The molecular weight excluding hydrogens is 502 g/mol. The molecule has 0 saturated carbocycles. The van der Waals surface area contributed by atoms with Crippen molar-refractivity contribution in [3.8, 4) is 0 Å². The molecule has 0 radical (unpaired) electrons. The summed E-state index contributed by atoms with van der Waals surface area (Å²) < 4.78 is 34.1. The number of anilines is 2. The van der Waals surface area contributed by atoms with Gasteiger partial charge in [0.1, 0.15) is 17.8 Å². The van der Waals surface area contributed by atoms with Crippen molar-refractivity contribution in [3.05, 3.63) is 23.1 Å². The predicted octanol–water partition coefficient (Wildman–Crippen LogP) is 0.101. The summed E-state index contributed by atoms with van der Waals surface area (Å²) in [7, 11) is 1.61. The maximum absolute atomic E-state index is 15.1. The largest absolute Gasteiger partial charge is 0.380 e. The van der Waals surface area contributed by atoms with Crippen molar-refractivity contribution in [1.29, 1.82) is 0 Å². The van der Waals surface area contributed by atoms with Crippen LogP contribution in [0.1, 0.15) is 12.8 Å². The first-order chi connectivity index (χ1) is 18.2. The normalized spacial score (nSPS) is 27.3. The van der Waals surface area contributed by atoms with Crippen LogP contribution in [0.4, 0.5) is 20.2 Å². The van der Waals surface area contributed by atoms with E-state index in [1.54, 1.807) is 16.8 Å². The van der Waals surface area contributed by atoms with Crippen molar-refractivity contribution in [1.82, 2.24) is 20.1 Å². The minimum atomic E-state index is -1.41. The minimum absolute atomic E-state index is 0.00299. The molecule has 5 rings (SSSR count). The van der Waals surface area contributed by atoms with Crippen LogP contribution in [-0.2, 0) is 14.3 Å². The van der Waals surface area contributed by atoms with Gasteiger partial charge in [-0.15, -0.1) is 4.91 Å². The standard InChI is InChI=1S/C24H34F2N8O4/c1-32-9-15(25)6-29-21(32)18(20(27)31-37)22(35)30-17-8-28-7-16(26)19(17)33-4-2-14(3-5-33)23(36)34-10-24(11-34)12-38-13-24/h7-8,14-15,18,20-21,29H,2-6,9-13,27H2,1H3,(H,30,35). The number of carbonyl (C=O) groups is 2. The van der Waals surface area contributed by atoms with Crippen LogP contribution in [0.3, 0.4) is 0 Å². The number of halogens is 2. The first kappa shape index (κ1) is 26.8. The van der Waals surface area contributed by atoms with Crippen LogP contribution in [0.5, 0.6) is 0 Å². The van der Waals surface area contributed by atoms with E-state index in [9.17, 15) is 18.9 Å². The third-order valence-corrected chi connectivity index (χ3v) is 8.11. The molecule has 5 heterocycles. The predicted molar refractivity (Wildman–Crippen MR) is 134 cm³/mol. The molecule has 4 N–H and O–H groups in total. The van der Waals surface area contributed by atoms with Gasteiger partial charge in [-0.2, -0.15) is 0 Å². The molecule has 1 spiro atoms.